The summed E-state index contributed by atoms with van der Waals surface area (Å²) in [5, 5.41) is 3.41. The number of likely N-dealkylation sites (N-methyl/N-ethyl adjacent to an activating group) is 1. The van der Waals surface area contributed by atoms with E-state index in [0.717, 1.165) is 25.2 Å². The number of nitrogens with one attached hydrogen (secondary N) is 1. The Morgan fingerprint density at radius 2 is 2.15 bits per heavy atom. The molecule has 6 nitrogen and oxygen atoms in total. The highest BCUT2D eigenvalue weighted by Gasteiger charge is 2.17. The number of hydrogen-bond acceptors (Lipinski definition) is 3. The number of halogens is 3. The number of carbonyl (C=O) groups is 1. The van der Waals surface area contributed by atoms with Crippen molar-refractivity contribution in [2.45, 2.75) is 13.0 Å². The van der Waals surface area contributed by atoms with Gasteiger partial charge in [0.25, 0.3) is 0 Å². The minimum Gasteiger partial charge on any atom is -0.381 e. The topological polar surface area (TPSA) is 57.2 Å². The van der Waals surface area contributed by atoms with Gasteiger partial charge in [-0.1, -0.05) is 17.7 Å². The minimum absolute atomic E-state index is 0. The van der Waals surface area contributed by atoms with Crippen LogP contribution >= 0.6 is 35.6 Å². The van der Waals surface area contributed by atoms with E-state index < -0.39 is 5.82 Å². The van der Waals surface area contributed by atoms with Crippen molar-refractivity contribution in [2.24, 2.45) is 10.9 Å². The zero-order valence-electron chi connectivity index (χ0n) is 15.9. The van der Waals surface area contributed by atoms with E-state index in [1.165, 1.54) is 17.0 Å². The second-order valence-electron chi connectivity index (χ2n) is 6.64. The molecule has 152 valence electrons. The maximum atomic E-state index is 13.7. The first-order valence-electron chi connectivity index (χ1n) is 8.58. The highest BCUT2D eigenvalue weighted by molar-refractivity contribution is 14.0. The molecule has 1 unspecified atom stereocenters. The summed E-state index contributed by atoms with van der Waals surface area (Å²) in [7, 11) is 5.24. The summed E-state index contributed by atoms with van der Waals surface area (Å²) in [6.45, 7) is 2.71. The average Bonchev–Trinajstić information content (AvgIpc) is 3.11. The number of benzene rings is 1. The fourth-order valence-corrected chi connectivity index (χ4v) is 2.68. The molecule has 0 aliphatic carbocycles. The van der Waals surface area contributed by atoms with Gasteiger partial charge in [0.15, 0.2) is 5.96 Å². The van der Waals surface area contributed by atoms with Gasteiger partial charge >= 0.3 is 0 Å². The largest absolute Gasteiger partial charge is 0.381 e. The first-order chi connectivity index (χ1) is 12.4. The van der Waals surface area contributed by atoms with Gasteiger partial charge in [-0.25, -0.2) is 9.38 Å². The highest BCUT2D eigenvalue weighted by Crippen LogP contribution is 2.16. The molecule has 1 heterocycles. The second kappa shape index (κ2) is 11.7. The van der Waals surface area contributed by atoms with Crippen LogP contribution in [0.4, 0.5) is 4.39 Å². The van der Waals surface area contributed by atoms with Crippen molar-refractivity contribution in [3.05, 3.63) is 34.6 Å². The quantitative estimate of drug-likeness (QED) is 0.362. The number of ether oxygens (including phenoxy) is 1. The standard InChI is InChI=1S/C18H26ClFN4O2.HI/c1-23(2)17(25)10-22-18(21-9-14-6-7-26-12-14)24(3)11-13-4-5-15(19)16(20)8-13;/h4-5,8,14H,6-7,9-12H2,1-3H3,(H,21,22);1H. The van der Waals surface area contributed by atoms with E-state index >= 15 is 0 Å². The molecule has 27 heavy (non-hydrogen) atoms. The van der Waals surface area contributed by atoms with Crippen molar-refractivity contribution >= 4 is 47.4 Å². The van der Waals surface area contributed by atoms with Crippen molar-refractivity contribution in [3.8, 4) is 0 Å². The summed E-state index contributed by atoms with van der Waals surface area (Å²) in [6, 6.07) is 4.72. The predicted octanol–water partition coefficient (Wildman–Crippen LogP) is 2.60. The molecule has 0 spiro atoms. The number of hydrogen-bond donors (Lipinski definition) is 1. The fourth-order valence-electron chi connectivity index (χ4n) is 2.56. The molecule has 0 bridgehead atoms. The Balaban J connectivity index is 0.00000364. The SMILES string of the molecule is CN(C)C(=O)CN=C(NCC1CCOC1)N(C)Cc1ccc(Cl)c(F)c1.I. The molecule has 1 aliphatic heterocycles. The van der Waals surface area contributed by atoms with E-state index in [0.29, 0.717) is 25.0 Å². The van der Waals surface area contributed by atoms with E-state index in [9.17, 15) is 9.18 Å². The van der Waals surface area contributed by atoms with E-state index in [-0.39, 0.29) is 41.5 Å². The van der Waals surface area contributed by atoms with Crippen LogP contribution in [0.15, 0.2) is 23.2 Å². The van der Waals surface area contributed by atoms with Gasteiger partial charge in [-0.3, -0.25) is 4.79 Å². The zero-order chi connectivity index (χ0) is 19.1. The van der Waals surface area contributed by atoms with Crippen LogP contribution < -0.4 is 5.32 Å². The lowest BCUT2D eigenvalue weighted by atomic mass is 10.1. The highest BCUT2D eigenvalue weighted by atomic mass is 127. The molecule has 1 N–H and O–H groups in total. The molecule has 1 saturated heterocycles. The summed E-state index contributed by atoms with van der Waals surface area (Å²) >= 11 is 5.74. The van der Waals surface area contributed by atoms with Gasteiger partial charge in [0, 0.05) is 46.8 Å². The van der Waals surface area contributed by atoms with Crippen molar-refractivity contribution in [3.63, 3.8) is 0 Å². The molecule has 1 aromatic carbocycles. The van der Waals surface area contributed by atoms with Crippen LogP contribution in [0.3, 0.4) is 0 Å². The number of rotatable bonds is 6. The monoisotopic (exact) mass is 512 g/mol. The van der Waals surface area contributed by atoms with Crippen molar-refractivity contribution in [1.29, 1.82) is 0 Å². The van der Waals surface area contributed by atoms with Crippen molar-refractivity contribution in [2.75, 3.05) is 47.4 Å². The number of amides is 1. The Labute approximate surface area is 182 Å². The summed E-state index contributed by atoms with van der Waals surface area (Å²) in [5.74, 6) is 0.489. The number of carbonyl (C=O) groups excluding carboxylic acids is 1. The van der Waals surface area contributed by atoms with Gasteiger partial charge < -0.3 is 19.9 Å². The molecule has 1 aliphatic rings. The maximum absolute atomic E-state index is 13.7. The summed E-state index contributed by atoms with van der Waals surface area (Å²) in [6.07, 6.45) is 1.00. The van der Waals surface area contributed by atoms with Gasteiger partial charge in [0.2, 0.25) is 5.91 Å². The first-order valence-corrected chi connectivity index (χ1v) is 8.96. The van der Waals surface area contributed by atoms with E-state index in [1.54, 1.807) is 20.2 Å². The summed E-state index contributed by atoms with van der Waals surface area (Å²) in [5.41, 5.74) is 0.770. The molecule has 1 aromatic rings. The minimum atomic E-state index is -0.449. The van der Waals surface area contributed by atoms with Gasteiger partial charge in [0.05, 0.1) is 11.6 Å². The Kier molecular flexibility index (Phi) is 10.3. The summed E-state index contributed by atoms with van der Waals surface area (Å²) in [4.78, 5) is 19.6. The lowest BCUT2D eigenvalue weighted by Gasteiger charge is -2.24. The number of guanidine groups is 1. The van der Waals surface area contributed by atoms with Crippen LogP contribution in [-0.2, 0) is 16.1 Å². The first kappa shape index (κ1) is 23.9. The molecule has 1 fully saturated rings. The molecular weight excluding hydrogens is 486 g/mol. The van der Waals surface area contributed by atoms with E-state index in [2.05, 4.69) is 10.3 Å². The lowest BCUT2D eigenvalue weighted by Crippen LogP contribution is -2.41. The third-order valence-corrected chi connectivity index (χ3v) is 4.51. The molecule has 0 aromatic heterocycles. The smallest absolute Gasteiger partial charge is 0.243 e. The number of aliphatic imine (C=N–C) groups is 1. The molecule has 1 atom stereocenters. The normalized spacial score (nSPS) is 16.6. The molecule has 0 radical (unpaired) electrons. The lowest BCUT2D eigenvalue weighted by molar-refractivity contribution is -0.127. The Morgan fingerprint density at radius 1 is 1.41 bits per heavy atom. The molecule has 9 heteroatoms. The Bertz CT molecular complexity index is 654. The average molecular weight is 513 g/mol. The zero-order valence-corrected chi connectivity index (χ0v) is 19.0. The van der Waals surface area contributed by atoms with E-state index in [1.807, 2.05) is 11.9 Å². The van der Waals surface area contributed by atoms with Crippen LogP contribution in [0.2, 0.25) is 5.02 Å². The molecule has 0 saturated carbocycles. The fraction of sp³-hybridized carbons (Fsp3) is 0.556. The Hall–Kier alpha value is -1.13. The van der Waals surface area contributed by atoms with Crippen LogP contribution in [0.5, 0.6) is 0 Å². The number of nitrogens with zero attached hydrogens (tertiary/aromatic N) is 3. The van der Waals surface area contributed by atoms with Gasteiger partial charge in [0.1, 0.15) is 12.4 Å². The second-order valence-corrected chi connectivity index (χ2v) is 7.05. The van der Waals surface area contributed by atoms with Crippen LogP contribution in [0.1, 0.15) is 12.0 Å². The van der Waals surface area contributed by atoms with Crippen LogP contribution in [0.25, 0.3) is 0 Å². The van der Waals surface area contributed by atoms with Gasteiger partial charge in [-0.2, -0.15) is 0 Å². The molecular formula is C18H27ClFIN4O2. The van der Waals surface area contributed by atoms with E-state index in [4.69, 9.17) is 16.3 Å². The van der Waals surface area contributed by atoms with Crippen LogP contribution in [-0.4, -0.2) is 69.1 Å². The third-order valence-electron chi connectivity index (χ3n) is 4.20. The van der Waals surface area contributed by atoms with Crippen molar-refractivity contribution < 1.29 is 13.9 Å². The Morgan fingerprint density at radius 3 is 2.74 bits per heavy atom. The van der Waals surface area contributed by atoms with Gasteiger partial charge in [-0.15, -0.1) is 24.0 Å². The third kappa shape index (κ3) is 7.79. The summed E-state index contributed by atoms with van der Waals surface area (Å²) < 4.78 is 19.1. The van der Waals surface area contributed by atoms with Gasteiger partial charge in [-0.05, 0) is 24.1 Å². The molecule has 1 amide bonds. The molecule has 2 rings (SSSR count). The van der Waals surface area contributed by atoms with Crippen molar-refractivity contribution in [1.82, 2.24) is 15.1 Å². The maximum Gasteiger partial charge on any atom is 0.243 e. The predicted molar refractivity (Wildman–Crippen MR) is 116 cm³/mol. The van der Waals surface area contributed by atoms with Crippen LogP contribution in [0, 0.1) is 11.7 Å².